The molecule has 9 nitrogen and oxygen atoms in total. The molecule has 0 aliphatic carbocycles. The highest BCUT2D eigenvalue weighted by atomic mass is 15.3. The SMILES string of the molecule is CN1CCN(c2cc3c(NC4CCN(CC5CN(c6ccc(C#N)cc6)C5)CC4)ncnc3cn2)CC1. The molecule has 5 heterocycles. The second-order valence-electron chi connectivity index (χ2n) is 10.7. The van der Waals surface area contributed by atoms with Crippen LogP contribution in [0, 0.1) is 17.2 Å². The van der Waals surface area contributed by atoms with Crippen LogP contribution in [0.15, 0.2) is 42.9 Å². The molecule has 3 fully saturated rings. The van der Waals surface area contributed by atoms with E-state index >= 15 is 0 Å². The topological polar surface area (TPSA) is 87.5 Å². The Bertz CT molecular complexity index is 1250. The van der Waals surface area contributed by atoms with Gasteiger partial charge >= 0.3 is 0 Å². The Labute approximate surface area is 218 Å². The number of aromatic nitrogens is 3. The van der Waals surface area contributed by atoms with Crippen LogP contribution in [0.4, 0.5) is 17.3 Å². The summed E-state index contributed by atoms with van der Waals surface area (Å²) < 4.78 is 0. The summed E-state index contributed by atoms with van der Waals surface area (Å²) in [6, 6.07) is 12.7. The van der Waals surface area contributed by atoms with Gasteiger partial charge in [0.2, 0.25) is 0 Å². The molecule has 6 rings (SSSR count). The van der Waals surface area contributed by atoms with Gasteiger partial charge in [0, 0.05) is 81.9 Å². The van der Waals surface area contributed by atoms with Gasteiger partial charge in [0.25, 0.3) is 0 Å². The number of nitrogens with one attached hydrogen (secondary N) is 1. The lowest BCUT2D eigenvalue weighted by Crippen LogP contribution is -2.53. The molecule has 192 valence electrons. The summed E-state index contributed by atoms with van der Waals surface area (Å²) in [6.45, 7) is 9.69. The molecule has 3 aromatic rings. The molecule has 3 aliphatic rings. The van der Waals surface area contributed by atoms with Crippen molar-refractivity contribution in [2.75, 3.05) is 81.1 Å². The normalized spacial score (nSPS) is 20.1. The first kappa shape index (κ1) is 23.9. The van der Waals surface area contributed by atoms with Gasteiger partial charge in [0.1, 0.15) is 18.0 Å². The van der Waals surface area contributed by atoms with Crippen LogP contribution in [0.1, 0.15) is 18.4 Å². The maximum absolute atomic E-state index is 8.99. The smallest absolute Gasteiger partial charge is 0.137 e. The molecule has 0 amide bonds. The van der Waals surface area contributed by atoms with Crippen LogP contribution in [-0.4, -0.2) is 96.7 Å². The first-order valence-corrected chi connectivity index (χ1v) is 13.4. The van der Waals surface area contributed by atoms with Crippen LogP contribution in [-0.2, 0) is 0 Å². The molecule has 2 aromatic heterocycles. The Kier molecular flexibility index (Phi) is 6.77. The fraction of sp³-hybridized carbons (Fsp3) is 0.500. The number of likely N-dealkylation sites (N-methyl/N-ethyl adjacent to an activating group) is 1. The lowest BCUT2D eigenvalue weighted by atomic mass is 9.96. The van der Waals surface area contributed by atoms with E-state index in [1.807, 2.05) is 18.3 Å². The van der Waals surface area contributed by atoms with Crippen molar-refractivity contribution in [2.45, 2.75) is 18.9 Å². The highest BCUT2D eigenvalue weighted by molar-refractivity contribution is 5.90. The summed E-state index contributed by atoms with van der Waals surface area (Å²) >= 11 is 0. The van der Waals surface area contributed by atoms with Gasteiger partial charge in [-0.2, -0.15) is 5.26 Å². The number of nitrogens with zero attached hydrogens (tertiary/aromatic N) is 8. The summed E-state index contributed by atoms with van der Waals surface area (Å²) in [5, 5.41) is 13.8. The van der Waals surface area contributed by atoms with E-state index in [1.165, 1.54) is 5.69 Å². The predicted octanol–water partition coefficient (Wildman–Crippen LogP) is 2.66. The molecule has 0 saturated carbocycles. The van der Waals surface area contributed by atoms with Crippen molar-refractivity contribution in [3.63, 3.8) is 0 Å². The van der Waals surface area contributed by atoms with Crippen molar-refractivity contribution in [3.8, 4) is 6.07 Å². The third-order valence-corrected chi connectivity index (χ3v) is 8.10. The number of hydrogen-bond acceptors (Lipinski definition) is 9. The Hall–Kier alpha value is -3.48. The van der Waals surface area contributed by atoms with Gasteiger partial charge in [-0.1, -0.05) is 0 Å². The minimum atomic E-state index is 0.422. The molecule has 3 saturated heterocycles. The quantitative estimate of drug-likeness (QED) is 0.552. The van der Waals surface area contributed by atoms with Gasteiger partial charge in [-0.25, -0.2) is 15.0 Å². The van der Waals surface area contributed by atoms with Crippen LogP contribution in [0.3, 0.4) is 0 Å². The fourth-order valence-electron chi connectivity index (χ4n) is 5.73. The molecular weight excluding hydrogens is 462 g/mol. The third kappa shape index (κ3) is 5.31. The maximum Gasteiger partial charge on any atom is 0.137 e. The second kappa shape index (κ2) is 10.5. The van der Waals surface area contributed by atoms with Crippen molar-refractivity contribution >= 4 is 28.2 Å². The van der Waals surface area contributed by atoms with Crippen molar-refractivity contribution in [3.05, 3.63) is 48.4 Å². The molecule has 0 radical (unpaired) electrons. The van der Waals surface area contributed by atoms with Crippen molar-refractivity contribution < 1.29 is 0 Å². The summed E-state index contributed by atoms with van der Waals surface area (Å²) in [5.74, 6) is 2.66. The third-order valence-electron chi connectivity index (χ3n) is 8.10. The molecule has 0 spiro atoms. The maximum atomic E-state index is 8.99. The van der Waals surface area contributed by atoms with Gasteiger partial charge in [-0.05, 0) is 50.2 Å². The number of nitriles is 1. The Balaban J connectivity index is 1.01. The van der Waals surface area contributed by atoms with Gasteiger partial charge in [-0.15, -0.1) is 0 Å². The van der Waals surface area contributed by atoms with Crippen molar-refractivity contribution in [1.82, 2.24) is 24.8 Å². The zero-order valence-electron chi connectivity index (χ0n) is 21.6. The number of hydrogen-bond donors (Lipinski definition) is 1. The van der Waals surface area contributed by atoms with E-state index in [0.717, 1.165) is 99.8 Å². The second-order valence-corrected chi connectivity index (χ2v) is 10.7. The van der Waals surface area contributed by atoms with Gasteiger partial charge < -0.3 is 24.9 Å². The zero-order valence-corrected chi connectivity index (χ0v) is 21.6. The van der Waals surface area contributed by atoms with E-state index in [9.17, 15) is 0 Å². The lowest BCUT2D eigenvalue weighted by molar-refractivity contribution is 0.174. The molecule has 3 aliphatic heterocycles. The average Bonchev–Trinajstić information content (AvgIpc) is 2.92. The van der Waals surface area contributed by atoms with E-state index in [2.05, 4.69) is 66.2 Å². The Morgan fingerprint density at radius 3 is 2.43 bits per heavy atom. The van der Waals surface area contributed by atoms with E-state index in [-0.39, 0.29) is 0 Å². The van der Waals surface area contributed by atoms with Crippen molar-refractivity contribution in [1.29, 1.82) is 5.26 Å². The zero-order chi connectivity index (χ0) is 25.2. The highest BCUT2D eigenvalue weighted by Gasteiger charge is 2.30. The number of rotatable bonds is 6. The Morgan fingerprint density at radius 1 is 0.946 bits per heavy atom. The summed E-state index contributed by atoms with van der Waals surface area (Å²) in [5.41, 5.74) is 2.84. The highest BCUT2D eigenvalue weighted by Crippen LogP contribution is 2.28. The van der Waals surface area contributed by atoms with Gasteiger partial charge in [0.05, 0.1) is 23.3 Å². The Morgan fingerprint density at radius 2 is 1.70 bits per heavy atom. The molecule has 0 atom stereocenters. The number of pyridine rings is 1. The van der Waals surface area contributed by atoms with E-state index in [0.29, 0.717) is 12.0 Å². The average molecular weight is 498 g/mol. The van der Waals surface area contributed by atoms with Crippen LogP contribution in [0.25, 0.3) is 10.9 Å². The van der Waals surface area contributed by atoms with Crippen LogP contribution in [0.5, 0.6) is 0 Å². The van der Waals surface area contributed by atoms with E-state index in [4.69, 9.17) is 10.2 Å². The number of likely N-dealkylation sites (tertiary alicyclic amines) is 1. The predicted molar refractivity (Wildman–Crippen MR) is 147 cm³/mol. The fourth-order valence-corrected chi connectivity index (χ4v) is 5.73. The molecule has 0 unspecified atom stereocenters. The number of piperazine rings is 1. The summed E-state index contributed by atoms with van der Waals surface area (Å²) in [7, 11) is 2.17. The van der Waals surface area contributed by atoms with E-state index in [1.54, 1.807) is 6.33 Å². The van der Waals surface area contributed by atoms with Crippen molar-refractivity contribution in [2.24, 2.45) is 5.92 Å². The van der Waals surface area contributed by atoms with Gasteiger partial charge in [-0.3, -0.25) is 0 Å². The number of benzene rings is 1. The molecule has 37 heavy (non-hydrogen) atoms. The minimum Gasteiger partial charge on any atom is -0.371 e. The monoisotopic (exact) mass is 497 g/mol. The minimum absolute atomic E-state index is 0.422. The lowest BCUT2D eigenvalue weighted by Gasteiger charge is -2.44. The van der Waals surface area contributed by atoms with Gasteiger partial charge in [0.15, 0.2) is 0 Å². The number of piperidine rings is 1. The van der Waals surface area contributed by atoms with Crippen LogP contribution < -0.4 is 15.1 Å². The molecule has 1 aromatic carbocycles. The van der Waals surface area contributed by atoms with Crippen LogP contribution >= 0.6 is 0 Å². The first-order valence-electron chi connectivity index (χ1n) is 13.4. The molecule has 0 bridgehead atoms. The number of fused-ring (bicyclic) bond motifs is 1. The molecular formula is C28H35N9. The first-order chi connectivity index (χ1) is 18.1. The molecule has 9 heteroatoms. The standard InChI is InChI=1S/C28H35N9/c1-34-10-12-36(13-11-34)27-14-25-26(16-30-27)31-20-32-28(25)33-23-6-8-35(9-7-23)17-22-18-37(19-22)24-4-2-21(15-29)3-5-24/h2-5,14,16,20,22-23H,6-13,17-19H2,1H3,(H,31,32,33). The largest absolute Gasteiger partial charge is 0.371 e. The summed E-state index contributed by atoms with van der Waals surface area (Å²) in [4.78, 5) is 23.5. The number of anilines is 3. The molecule has 1 N–H and O–H groups in total. The van der Waals surface area contributed by atoms with E-state index < -0.39 is 0 Å². The summed E-state index contributed by atoms with van der Waals surface area (Å²) in [6.07, 6.45) is 5.77. The van der Waals surface area contributed by atoms with Crippen LogP contribution in [0.2, 0.25) is 0 Å².